The fourth-order valence-electron chi connectivity index (χ4n) is 6.21. The van der Waals surface area contributed by atoms with Gasteiger partial charge in [-0.3, -0.25) is 9.69 Å². The Bertz CT molecular complexity index is 1400. The SMILES string of the molecule is CC(C)(C)[C@H]1CC[C@@]2(CCN(c3ccc(OC(F)(F)F)cc3)C(=O)N2Cc2ccc(C(=O)NCc3nnn[nH]3)cc2)CC1. The van der Waals surface area contributed by atoms with Crippen LogP contribution < -0.4 is 15.0 Å². The van der Waals surface area contributed by atoms with Gasteiger partial charge in [0.2, 0.25) is 0 Å². The lowest BCUT2D eigenvalue weighted by Crippen LogP contribution is -2.63. The van der Waals surface area contributed by atoms with E-state index in [1.54, 1.807) is 17.0 Å². The van der Waals surface area contributed by atoms with Crippen LogP contribution in [0.4, 0.5) is 23.7 Å². The number of anilines is 1. The molecule has 0 radical (unpaired) electrons. The highest BCUT2D eigenvalue weighted by Crippen LogP contribution is 2.47. The number of rotatable bonds is 7. The number of carbonyl (C=O) groups is 2. The molecule has 1 aliphatic carbocycles. The summed E-state index contributed by atoms with van der Waals surface area (Å²) in [5.74, 6) is 0.376. The fourth-order valence-corrected chi connectivity index (χ4v) is 6.21. The first-order valence-electron chi connectivity index (χ1n) is 14.4. The van der Waals surface area contributed by atoms with Gasteiger partial charge in [0.25, 0.3) is 5.91 Å². The summed E-state index contributed by atoms with van der Waals surface area (Å²) in [6.45, 7) is 7.74. The number of aromatic amines is 1. The topological polar surface area (TPSA) is 116 Å². The summed E-state index contributed by atoms with van der Waals surface area (Å²) in [5.41, 5.74) is 1.70. The highest BCUT2D eigenvalue weighted by Gasteiger charge is 2.48. The minimum Gasteiger partial charge on any atom is -0.406 e. The smallest absolute Gasteiger partial charge is 0.406 e. The van der Waals surface area contributed by atoms with E-state index in [4.69, 9.17) is 0 Å². The largest absolute Gasteiger partial charge is 0.573 e. The Hall–Kier alpha value is -4.16. The van der Waals surface area contributed by atoms with Gasteiger partial charge in [-0.05, 0) is 95.8 Å². The molecule has 3 amide bonds. The van der Waals surface area contributed by atoms with Gasteiger partial charge >= 0.3 is 12.4 Å². The number of nitrogens with zero attached hydrogens (tertiary/aromatic N) is 5. The first-order chi connectivity index (χ1) is 20.3. The van der Waals surface area contributed by atoms with Crippen molar-refractivity contribution >= 4 is 17.6 Å². The van der Waals surface area contributed by atoms with Crippen LogP contribution in [0.2, 0.25) is 0 Å². The van der Waals surface area contributed by atoms with Crippen LogP contribution in [0.3, 0.4) is 0 Å². The molecule has 13 heteroatoms. The van der Waals surface area contributed by atoms with E-state index in [2.05, 4.69) is 51.4 Å². The van der Waals surface area contributed by atoms with Crippen molar-refractivity contribution in [3.05, 3.63) is 65.5 Å². The van der Waals surface area contributed by atoms with Gasteiger partial charge < -0.3 is 15.0 Å². The lowest BCUT2D eigenvalue weighted by Gasteiger charge is -2.54. The van der Waals surface area contributed by atoms with Gasteiger partial charge in [0, 0.05) is 29.9 Å². The number of halogens is 3. The third-order valence-electron chi connectivity index (χ3n) is 8.72. The van der Waals surface area contributed by atoms with Crippen LogP contribution in [0.25, 0.3) is 0 Å². The van der Waals surface area contributed by atoms with Crippen molar-refractivity contribution in [2.24, 2.45) is 11.3 Å². The number of ether oxygens (including phenoxy) is 1. The van der Waals surface area contributed by atoms with Crippen LogP contribution >= 0.6 is 0 Å². The maximum Gasteiger partial charge on any atom is 0.573 e. The Morgan fingerprint density at radius 1 is 1.05 bits per heavy atom. The molecule has 1 aromatic heterocycles. The van der Waals surface area contributed by atoms with E-state index in [0.717, 1.165) is 37.7 Å². The highest BCUT2D eigenvalue weighted by molar-refractivity contribution is 5.94. The minimum absolute atomic E-state index is 0.160. The predicted octanol–water partition coefficient (Wildman–Crippen LogP) is 5.84. The molecular weight excluding hydrogens is 563 g/mol. The third kappa shape index (κ3) is 7.08. The van der Waals surface area contributed by atoms with Gasteiger partial charge in [0.15, 0.2) is 5.82 Å². The molecule has 43 heavy (non-hydrogen) atoms. The quantitative estimate of drug-likeness (QED) is 0.353. The first-order valence-corrected chi connectivity index (χ1v) is 14.4. The maximum absolute atomic E-state index is 14.1. The number of benzene rings is 2. The maximum atomic E-state index is 14.1. The Labute approximate surface area is 248 Å². The standard InChI is InChI=1S/C30H36F3N7O3/c1-28(2,3)22-12-14-29(15-13-22)16-17-39(23-8-10-24(11-9-23)43-30(31,32)33)27(42)40(29)19-20-4-6-21(7-5-20)26(41)34-18-25-35-37-38-36-25/h4-11,22H,12-19H2,1-3H3,(H,34,41)(H,35,36,37,38)/t22-,29-. The molecule has 230 valence electrons. The second-order valence-corrected chi connectivity index (χ2v) is 12.4. The van der Waals surface area contributed by atoms with Gasteiger partial charge in [-0.1, -0.05) is 32.9 Å². The van der Waals surface area contributed by atoms with Crippen LogP contribution in [0.5, 0.6) is 5.75 Å². The van der Waals surface area contributed by atoms with Crippen molar-refractivity contribution in [3.63, 3.8) is 0 Å². The number of H-pyrrole nitrogens is 1. The van der Waals surface area contributed by atoms with Crippen molar-refractivity contribution < 1.29 is 27.5 Å². The molecule has 2 fully saturated rings. The van der Waals surface area contributed by atoms with Crippen molar-refractivity contribution in [3.8, 4) is 5.75 Å². The minimum atomic E-state index is -4.79. The fraction of sp³-hybridized carbons (Fsp3) is 0.500. The number of amides is 3. The Morgan fingerprint density at radius 2 is 1.72 bits per heavy atom. The Morgan fingerprint density at radius 3 is 2.30 bits per heavy atom. The summed E-state index contributed by atoms with van der Waals surface area (Å²) in [5, 5.41) is 16.1. The van der Waals surface area contributed by atoms with Crippen molar-refractivity contribution in [2.45, 2.75) is 77.9 Å². The second-order valence-electron chi connectivity index (χ2n) is 12.4. The molecule has 2 N–H and O–H groups in total. The zero-order chi connectivity index (χ0) is 30.8. The monoisotopic (exact) mass is 599 g/mol. The summed E-state index contributed by atoms with van der Waals surface area (Å²) in [6, 6.07) is 12.3. The summed E-state index contributed by atoms with van der Waals surface area (Å²) in [6.07, 6.45) is -0.267. The van der Waals surface area contributed by atoms with Crippen molar-refractivity contribution in [1.82, 2.24) is 30.8 Å². The molecule has 1 saturated carbocycles. The van der Waals surface area contributed by atoms with Gasteiger partial charge in [0.05, 0.1) is 6.54 Å². The van der Waals surface area contributed by atoms with E-state index in [-0.39, 0.29) is 35.2 Å². The molecule has 0 unspecified atom stereocenters. The van der Waals surface area contributed by atoms with Crippen LogP contribution in [0, 0.1) is 11.3 Å². The molecule has 1 saturated heterocycles. The summed E-state index contributed by atoms with van der Waals surface area (Å²) >= 11 is 0. The van der Waals surface area contributed by atoms with E-state index < -0.39 is 6.36 Å². The number of nitrogens with one attached hydrogen (secondary N) is 2. The Kier molecular flexibility index (Phi) is 8.35. The van der Waals surface area contributed by atoms with Gasteiger partial charge in [-0.2, -0.15) is 0 Å². The van der Waals surface area contributed by atoms with Crippen molar-refractivity contribution in [1.29, 1.82) is 0 Å². The highest BCUT2D eigenvalue weighted by atomic mass is 19.4. The van der Waals surface area contributed by atoms with Gasteiger partial charge in [-0.25, -0.2) is 9.89 Å². The van der Waals surface area contributed by atoms with E-state index >= 15 is 0 Å². The number of aromatic nitrogens is 4. The van der Waals surface area contributed by atoms with E-state index in [9.17, 15) is 22.8 Å². The summed E-state index contributed by atoms with van der Waals surface area (Å²) in [4.78, 5) is 30.3. The van der Waals surface area contributed by atoms with Crippen LogP contribution in [0.1, 0.15) is 74.6 Å². The third-order valence-corrected chi connectivity index (χ3v) is 8.72. The molecule has 2 aliphatic rings. The molecule has 3 aromatic rings. The average molecular weight is 600 g/mol. The molecule has 1 aliphatic heterocycles. The summed E-state index contributed by atoms with van der Waals surface area (Å²) in [7, 11) is 0. The number of carbonyl (C=O) groups excluding carboxylic acids is 2. The van der Waals surface area contributed by atoms with Crippen LogP contribution in [-0.2, 0) is 13.1 Å². The molecular formula is C30H36F3N7O3. The molecule has 0 bridgehead atoms. The number of hydrogen-bond acceptors (Lipinski definition) is 6. The van der Waals surface area contributed by atoms with Gasteiger partial charge in [-0.15, -0.1) is 18.3 Å². The normalized spacial score (nSPS) is 21.3. The van der Waals surface area contributed by atoms with Gasteiger partial charge in [0.1, 0.15) is 5.75 Å². The first kappa shape index (κ1) is 30.3. The zero-order valence-corrected chi connectivity index (χ0v) is 24.4. The average Bonchev–Trinajstić information content (AvgIpc) is 3.48. The van der Waals surface area contributed by atoms with E-state index in [1.807, 2.05) is 17.0 Å². The number of alkyl halides is 3. The van der Waals surface area contributed by atoms with Crippen LogP contribution in [-0.4, -0.2) is 55.9 Å². The van der Waals surface area contributed by atoms with E-state index in [1.165, 1.54) is 24.3 Å². The second kappa shape index (κ2) is 11.8. The number of urea groups is 1. The lowest BCUT2D eigenvalue weighted by atomic mass is 9.65. The molecule has 0 atom stereocenters. The molecule has 1 spiro atoms. The van der Waals surface area contributed by atoms with E-state index in [0.29, 0.717) is 36.1 Å². The molecule has 10 nitrogen and oxygen atoms in total. The Balaban J connectivity index is 1.34. The summed E-state index contributed by atoms with van der Waals surface area (Å²) < 4.78 is 42.0. The van der Waals surface area contributed by atoms with Crippen LogP contribution in [0.15, 0.2) is 48.5 Å². The lowest BCUT2D eigenvalue weighted by molar-refractivity contribution is -0.274. The molecule has 5 rings (SSSR count). The molecule has 2 heterocycles. The van der Waals surface area contributed by atoms with Crippen molar-refractivity contribution in [2.75, 3.05) is 11.4 Å². The zero-order valence-electron chi connectivity index (χ0n) is 24.4. The molecule has 2 aromatic carbocycles. The number of hydrogen-bond donors (Lipinski definition) is 2. The predicted molar refractivity (Wildman–Crippen MR) is 152 cm³/mol. The number of tetrazole rings is 1.